The third kappa shape index (κ3) is 6.48. The number of hydrogen-bond acceptors (Lipinski definition) is 5. The van der Waals surface area contributed by atoms with Gasteiger partial charge in [0.05, 0.1) is 17.4 Å². The molecule has 0 spiro atoms. The molecule has 0 aliphatic rings. The molecule has 3 rings (SSSR count). The molecule has 0 saturated heterocycles. The SMILES string of the molecule is CC(NC(=O)c1ccc(Cl)cc1)c1nnc(SCC(=O)Nc2cccc(C(F)(F)F)c2)n1C. The van der Waals surface area contributed by atoms with Gasteiger partial charge in [-0.1, -0.05) is 29.4 Å². The predicted molar refractivity (Wildman–Crippen MR) is 119 cm³/mol. The third-order valence-electron chi connectivity index (χ3n) is 4.52. The molecule has 12 heteroatoms. The van der Waals surface area contributed by atoms with Gasteiger partial charge in [0, 0.05) is 23.3 Å². The number of aromatic nitrogens is 3. The molecule has 1 heterocycles. The zero-order chi connectivity index (χ0) is 24.2. The van der Waals surface area contributed by atoms with Gasteiger partial charge in [0.25, 0.3) is 5.91 Å². The van der Waals surface area contributed by atoms with E-state index < -0.39 is 23.7 Å². The van der Waals surface area contributed by atoms with Crippen molar-refractivity contribution in [3.63, 3.8) is 0 Å². The van der Waals surface area contributed by atoms with Gasteiger partial charge in [-0.25, -0.2) is 0 Å². The van der Waals surface area contributed by atoms with E-state index in [2.05, 4.69) is 20.8 Å². The largest absolute Gasteiger partial charge is 0.416 e. The molecule has 1 aromatic heterocycles. The second-order valence-electron chi connectivity index (χ2n) is 7.02. The monoisotopic (exact) mass is 497 g/mol. The van der Waals surface area contributed by atoms with Crippen LogP contribution < -0.4 is 10.6 Å². The van der Waals surface area contributed by atoms with Crippen molar-refractivity contribution in [3.05, 3.63) is 70.5 Å². The Kier molecular flexibility index (Phi) is 7.65. The first-order valence-electron chi connectivity index (χ1n) is 9.60. The van der Waals surface area contributed by atoms with Crippen molar-refractivity contribution < 1.29 is 22.8 Å². The number of hydrogen-bond donors (Lipinski definition) is 2. The van der Waals surface area contributed by atoms with E-state index in [0.29, 0.717) is 21.6 Å². The van der Waals surface area contributed by atoms with E-state index in [0.717, 1.165) is 23.9 Å². The van der Waals surface area contributed by atoms with Gasteiger partial charge in [-0.3, -0.25) is 9.59 Å². The number of rotatable bonds is 7. The minimum atomic E-state index is -4.50. The molecule has 1 atom stereocenters. The van der Waals surface area contributed by atoms with Crippen molar-refractivity contribution in [2.75, 3.05) is 11.1 Å². The standard InChI is InChI=1S/C21H19ClF3N5O2S/c1-12(26-19(32)13-6-8-15(22)9-7-13)18-28-29-20(30(18)2)33-11-17(31)27-16-5-3-4-14(10-16)21(23,24)25/h3-10,12H,11H2,1-2H3,(H,26,32)(H,27,31). The number of thioether (sulfide) groups is 1. The van der Waals surface area contributed by atoms with E-state index in [1.165, 1.54) is 12.1 Å². The van der Waals surface area contributed by atoms with Crippen molar-refractivity contribution in [1.29, 1.82) is 0 Å². The molecule has 3 aromatic rings. The van der Waals surface area contributed by atoms with Gasteiger partial charge < -0.3 is 15.2 Å². The number of carbonyl (C=O) groups is 2. The van der Waals surface area contributed by atoms with Crippen LogP contribution in [0.15, 0.2) is 53.7 Å². The Morgan fingerprint density at radius 2 is 1.85 bits per heavy atom. The van der Waals surface area contributed by atoms with Crippen molar-refractivity contribution in [2.45, 2.75) is 24.3 Å². The summed E-state index contributed by atoms with van der Waals surface area (Å²) in [6.45, 7) is 1.74. The molecule has 2 aromatic carbocycles. The molecule has 174 valence electrons. The second kappa shape index (κ2) is 10.3. The van der Waals surface area contributed by atoms with Gasteiger partial charge in [-0.2, -0.15) is 13.2 Å². The Hall–Kier alpha value is -3.05. The average Bonchev–Trinajstić information content (AvgIpc) is 3.12. The molecule has 2 N–H and O–H groups in total. The van der Waals surface area contributed by atoms with Crippen molar-refractivity contribution in [2.24, 2.45) is 7.05 Å². The molecule has 0 aliphatic carbocycles. The average molecular weight is 498 g/mol. The van der Waals surface area contributed by atoms with Gasteiger partial charge >= 0.3 is 6.18 Å². The molecule has 0 saturated carbocycles. The number of halogens is 4. The normalized spacial score (nSPS) is 12.3. The first kappa shape index (κ1) is 24.6. The van der Waals surface area contributed by atoms with E-state index in [9.17, 15) is 22.8 Å². The van der Waals surface area contributed by atoms with Crippen LogP contribution in [0, 0.1) is 0 Å². The fourth-order valence-corrected chi connectivity index (χ4v) is 3.72. The van der Waals surface area contributed by atoms with Gasteiger partial charge in [0.1, 0.15) is 0 Å². The molecule has 1 unspecified atom stereocenters. The molecule has 0 fully saturated rings. The predicted octanol–water partition coefficient (Wildman–Crippen LogP) is 4.71. The Morgan fingerprint density at radius 1 is 1.15 bits per heavy atom. The summed E-state index contributed by atoms with van der Waals surface area (Å²) in [5.41, 5.74) is -0.359. The molecule has 0 aliphatic heterocycles. The fraction of sp³-hybridized carbons (Fsp3) is 0.238. The van der Waals surface area contributed by atoms with Crippen LogP contribution in [0.25, 0.3) is 0 Å². The smallest absolute Gasteiger partial charge is 0.342 e. The number of carbonyl (C=O) groups excluding carboxylic acids is 2. The van der Waals surface area contributed by atoms with E-state index >= 15 is 0 Å². The highest BCUT2D eigenvalue weighted by Crippen LogP contribution is 2.30. The van der Waals surface area contributed by atoms with Crippen LogP contribution in [-0.4, -0.2) is 32.3 Å². The summed E-state index contributed by atoms with van der Waals surface area (Å²) in [6.07, 6.45) is -4.50. The van der Waals surface area contributed by atoms with E-state index in [4.69, 9.17) is 11.6 Å². The number of alkyl halides is 3. The van der Waals surface area contributed by atoms with Crippen LogP contribution >= 0.6 is 23.4 Å². The Labute approximate surface area is 196 Å². The Morgan fingerprint density at radius 3 is 2.52 bits per heavy atom. The number of nitrogens with zero attached hydrogens (tertiary/aromatic N) is 3. The molecular formula is C21H19ClF3N5O2S. The van der Waals surface area contributed by atoms with Crippen LogP contribution in [0.5, 0.6) is 0 Å². The minimum Gasteiger partial charge on any atom is -0.342 e. The highest BCUT2D eigenvalue weighted by atomic mass is 35.5. The summed E-state index contributed by atoms with van der Waals surface area (Å²) in [7, 11) is 1.69. The van der Waals surface area contributed by atoms with Crippen LogP contribution in [0.2, 0.25) is 5.02 Å². The summed E-state index contributed by atoms with van der Waals surface area (Å²) >= 11 is 6.90. The zero-order valence-electron chi connectivity index (χ0n) is 17.5. The maximum atomic E-state index is 12.8. The summed E-state index contributed by atoms with van der Waals surface area (Å²) < 4.78 is 40.1. The lowest BCUT2D eigenvalue weighted by molar-refractivity contribution is -0.137. The van der Waals surface area contributed by atoms with Crippen LogP contribution in [-0.2, 0) is 18.0 Å². The lowest BCUT2D eigenvalue weighted by Crippen LogP contribution is -2.28. The molecule has 7 nitrogen and oxygen atoms in total. The maximum absolute atomic E-state index is 12.8. The van der Waals surface area contributed by atoms with Crippen molar-refractivity contribution in [1.82, 2.24) is 20.1 Å². The summed E-state index contributed by atoms with van der Waals surface area (Å²) in [4.78, 5) is 24.6. The molecule has 2 amide bonds. The maximum Gasteiger partial charge on any atom is 0.416 e. The molecule has 33 heavy (non-hydrogen) atoms. The molecule has 0 radical (unpaired) electrons. The Balaban J connectivity index is 1.57. The first-order chi connectivity index (χ1) is 15.5. The second-order valence-corrected chi connectivity index (χ2v) is 8.40. The minimum absolute atomic E-state index is 0.0487. The van der Waals surface area contributed by atoms with Crippen LogP contribution in [0.1, 0.15) is 34.7 Å². The quantitative estimate of drug-likeness (QED) is 0.461. The van der Waals surface area contributed by atoms with Crippen LogP contribution in [0.3, 0.4) is 0 Å². The lowest BCUT2D eigenvalue weighted by atomic mass is 10.2. The number of amides is 2. The topological polar surface area (TPSA) is 88.9 Å². The highest BCUT2D eigenvalue weighted by molar-refractivity contribution is 7.99. The first-order valence-corrected chi connectivity index (χ1v) is 11.0. The number of anilines is 1. The van der Waals surface area contributed by atoms with Crippen molar-refractivity contribution >= 4 is 40.9 Å². The summed E-state index contributed by atoms with van der Waals surface area (Å²) in [5.74, 6) is -0.420. The van der Waals surface area contributed by atoms with Crippen molar-refractivity contribution in [3.8, 4) is 0 Å². The lowest BCUT2D eigenvalue weighted by Gasteiger charge is -2.13. The number of benzene rings is 2. The van der Waals surface area contributed by atoms with Gasteiger partial charge in [-0.15, -0.1) is 10.2 Å². The number of nitrogens with one attached hydrogen (secondary N) is 2. The van der Waals surface area contributed by atoms with Gasteiger partial charge in [-0.05, 0) is 49.4 Å². The Bertz CT molecular complexity index is 1150. The van der Waals surface area contributed by atoms with Gasteiger partial charge in [0.15, 0.2) is 11.0 Å². The summed E-state index contributed by atoms with van der Waals surface area (Å²) in [6, 6.07) is 10.4. The summed E-state index contributed by atoms with van der Waals surface area (Å²) in [5, 5.41) is 14.3. The van der Waals surface area contributed by atoms with E-state index in [1.54, 1.807) is 42.8 Å². The third-order valence-corrected chi connectivity index (χ3v) is 5.79. The zero-order valence-corrected chi connectivity index (χ0v) is 19.1. The molecule has 0 bridgehead atoms. The van der Waals surface area contributed by atoms with E-state index in [-0.39, 0.29) is 17.3 Å². The molecular weight excluding hydrogens is 479 g/mol. The fourth-order valence-electron chi connectivity index (χ4n) is 2.88. The highest BCUT2D eigenvalue weighted by Gasteiger charge is 2.30. The van der Waals surface area contributed by atoms with Gasteiger partial charge in [0.2, 0.25) is 5.91 Å². The van der Waals surface area contributed by atoms with Crippen LogP contribution in [0.4, 0.5) is 18.9 Å². The van der Waals surface area contributed by atoms with E-state index in [1.807, 2.05) is 0 Å².